The Balaban J connectivity index is 2.09. The molecule has 2 heterocycles. The lowest BCUT2D eigenvalue weighted by Crippen LogP contribution is -2.35. The van der Waals surface area contributed by atoms with Gasteiger partial charge in [0.1, 0.15) is 5.56 Å². The normalized spacial score (nSPS) is 15.9. The highest BCUT2D eigenvalue weighted by atomic mass is 16.5. The highest BCUT2D eigenvalue weighted by Gasteiger charge is 2.25. The van der Waals surface area contributed by atoms with Crippen LogP contribution in [-0.4, -0.2) is 41.8 Å². The smallest absolute Gasteiger partial charge is 0.343 e. The van der Waals surface area contributed by atoms with Gasteiger partial charge in [-0.3, -0.25) is 9.89 Å². The van der Waals surface area contributed by atoms with Crippen LogP contribution in [0.3, 0.4) is 0 Å². The van der Waals surface area contributed by atoms with Crippen LogP contribution in [0.15, 0.2) is 0 Å². The summed E-state index contributed by atoms with van der Waals surface area (Å²) in [6.45, 7) is 5.41. The van der Waals surface area contributed by atoms with Crippen LogP contribution in [0.2, 0.25) is 0 Å². The van der Waals surface area contributed by atoms with E-state index in [0.29, 0.717) is 11.3 Å². The van der Waals surface area contributed by atoms with E-state index in [9.17, 15) is 9.59 Å². The largest absolute Gasteiger partial charge is 0.462 e. The van der Waals surface area contributed by atoms with Crippen molar-refractivity contribution in [3.8, 4) is 0 Å². The average Bonchev–Trinajstić information content (AvgIpc) is 2.81. The summed E-state index contributed by atoms with van der Waals surface area (Å²) in [4.78, 5) is 24.0. The maximum Gasteiger partial charge on any atom is 0.343 e. The third-order valence-electron chi connectivity index (χ3n) is 3.38. The van der Waals surface area contributed by atoms with Gasteiger partial charge in [0.25, 0.3) is 0 Å². The van der Waals surface area contributed by atoms with Crippen LogP contribution < -0.4 is 10.6 Å². The SMILES string of the molecule is CCOC(=O)c1c(NC(=O)C2CCNCC2)n[nH]c1C. The van der Waals surface area contributed by atoms with Crippen LogP contribution in [-0.2, 0) is 9.53 Å². The molecular formula is C13H20N4O3. The van der Waals surface area contributed by atoms with Gasteiger partial charge in [-0.05, 0) is 39.8 Å². The van der Waals surface area contributed by atoms with E-state index < -0.39 is 5.97 Å². The molecular weight excluding hydrogens is 260 g/mol. The molecule has 0 saturated carbocycles. The molecule has 1 aromatic heterocycles. The maximum absolute atomic E-state index is 12.2. The number of anilines is 1. The van der Waals surface area contributed by atoms with Crippen molar-refractivity contribution in [1.29, 1.82) is 0 Å². The molecule has 7 nitrogen and oxygen atoms in total. The summed E-state index contributed by atoms with van der Waals surface area (Å²) in [5.74, 6) is -0.351. The molecule has 0 spiro atoms. The number of aryl methyl sites for hydroxylation is 1. The summed E-state index contributed by atoms with van der Waals surface area (Å²) in [6, 6.07) is 0. The van der Waals surface area contributed by atoms with E-state index in [-0.39, 0.29) is 24.2 Å². The molecule has 1 aliphatic heterocycles. The number of aromatic nitrogens is 2. The number of H-pyrrole nitrogens is 1. The molecule has 0 aliphatic carbocycles. The number of piperidine rings is 1. The molecule has 1 aliphatic rings. The first-order chi connectivity index (χ1) is 9.63. The summed E-state index contributed by atoms with van der Waals surface area (Å²) in [5.41, 5.74) is 0.887. The van der Waals surface area contributed by atoms with Crippen molar-refractivity contribution in [3.63, 3.8) is 0 Å². The van der Waals surface area contributed by atoms with E-state index in [1.54, 1.807) is 13.8 Å². The number of aromatic amines is 1. The molecule has 0 atom stereocenters. The molecule has 20 heavy (non-hydrogen) atoms. The topological polar surface area (TPSA) is 96.1 Å². The number of amides is 1. The second-order valence-corrected chi connectivity index (χ2v) is 4.81. The summed E-state index contributed by atoms with van der Waals surface area (Å²) in [5, 5.41) is 12.6. The van der Waals surface area contributed by atoms with Gasteiger partial charge in [0.2, 0.25) is 5.91 Å². The predicted molar refractivity (Wildman–Crippen MR) is 73.5 cm³/mol. The minimum absolute atomic E-state index is 0.0386. The zero-order chi connectivity index (χ0) is 14.5. The molecule has 3 N–H and O–H groups in total. The van der Waals surface area contributed by atoms with Crippen LogP contribution >= 0.6 is 0 Å². The molecule has 1 fully saturated rings. The third kappa shape index (κ3) is 3.16. The number of ether oxygens (including phenoxy) is 1. The van der Waals surface area contributed by atoms with Gasteiger partial charge in [-0.25, -0.2) is 4.79 Å². The lowest BCUT2D eigenvalue weighted by Gasteiger charge is -2.21. The van der Waals surface area contributed by atoms with Crippen molar-refractivity contribution in [3.05, 3.63) is 11.3 Å². The molecule has 7 heteroatoms. The van der Waals surface area contributed by atoms with Crippen molar-refractivity contribution >= 4 is 17.7 Å². The summed E-state index contributed by atoms with van der Waals surface area (Å²) >= 11 is 0. The fraction of sp³-hybridized carbons (Fsp3) is 0.615. The van der Waals surface area contributed by atoms with Crippen molar-refractivity contribution in [2.75, 3.05) is 25.0 Å². The Morgan fingerprint density at radius 1 is 1.40 bits per heavy atom. The number of nitrogens with zero attached hydrogens (tertiary/aromatic N) is 1. The van der Waals surface area contributed by atoms with Crippen LogP contribution in [0, 0.1) is 12.8 Å². The fourth-order valence-electron chi connectivity index (χ4n) is 2.28. The summed E-state index contributed by atoms with van der Waals surface area (Å²) in [6.07, 6.45) is 1.59. The van der Waals surface area contributed by atoms with Crippen molar-refractivity contribution in [1.82, 2.24) is 15.5 Å². The Hall–Kier alpha value is -1.89. The Kier molecular flexibility index (Phi) is 4.73. The van der Waals surface area contributed by atoms with Crippen molar-refractivity contribution in [2.45, 2.75) is 26.7 Å². The van der Waals surface area contributed by atoms with E-state index in [2.05, 4.69) is 20.8 Å². The van der Waals surface area contributed by atoms with Crippen molar-refractivity contribution in [2.24, 2.45) is 5.92 Å². The lowest BCUT2D eigenvalue weighted by atomic mass is 9.97. The molecule has 0 bridgehead atoms. The Labute approximate surface area is 117 Å². The summed E-state index contributed by atoms with van der Waals surface area (Å²) in [7, 11) is 0. The Morgan fingerprint density at radius 3 is 2.75 bits per heavy atom. The predicted octanol–water partition coefficient (Wildman–Crippen LogP) is 0.833. The van der Waals surface area contributed by atoms with Crippen molar-refractivity contribution < 1.29 is 14.3 Å². The number of hydrogen-bond acceptors (Lipinski definition) is 5. The van der Waals surface area contributed by atoms with Gasteiger partial charge in [-0.2, -0.15) is 5.10 Å². The van der Waals surface area contributed by atoms with E-state index in [1.807, 2.05) is 0 Å². The molecule has 0 unspecified atom stereocenters. The van der Waals surface area contributed by atoms with Gasteiger partial charge in [0.05, 0.1) is 6.61 Å². The first-order valence-corrected chi connectivity index (χ1v) is 6.87. The van der Waals surface area contributed by atoms with Gasteiger partial charge >= 0.3 is 5.97 Å². The highest BCUT2D eigenvalue weighted by molar-refractivity contribution is 6.01. The number of nitrogens with one attached hydrogen (secondary N) is 3. The zero-order valence-electron chi connectivity index (χ0n) is 11.8. The fourth-order valence-corrected chi connectivity index (χ4v) is 2.28. The molecule has 2 rings (SSSR count). The molecule has 1 saturated heterocycles. The average molecular weight is 280 g/mol. The van der Waals surface area contributed by atoms with Gasteiger partial charge in [0.15, 0.2) is 5.82 Å². The Bertz CT molecular complexity index is 492. The molecule has 0 aromatic carbocycles. The first kappa shape index (κ1) is 14.5. The highest BCUT2D eigenvalue weighted by Crippen LogP contribution is 2.20. The van der Waals surface area contributed by atoms with Gasteiger partial charge in [-0.1, -0.05) is 0 Å². The first-order valence-electron chi connectivity index (χ1n) is 6.87. The van der Waals surface area contributed by atoms with E-state index >= 15 is 0 Å². The molecule has 1 amide bonds. The van der Waals surface area contributed by atoms with E-state index in [0.717, 1.165) is 25.9 Å². The third-order valence-corrected chi connectivity index (χ3v) is 3.38. The minimum Gasteiger partial charge on any atom is -0.462 e. The number of carbonyl (C=O) groups is 2. The quantitative estimate of drug-likeness (QED) is 0.710. The second kappa shape index (κ2) is 6.51. The van der Waals surface area contributed by atoms with Gasteiger partial charge in [-0.15, -0.1) is 0 Å². The lowest BCUT2D eigenvalue weighted by molar-refractivity contribution is -0.120. The van der Waals surface area contributed by atoms with Gasteiger partial charge < -0.3 is 15.4 Å². The Morgan fingerprint density at radius 2 is 2.10 bits per heavy atom. The second-order valence-electron chi connectivity index (χ2n) is 4.81. The zero-order valence-corrected chi connectivity index (χ0v) is 11.8. The van der Waals surface area contributed by atoms with Crippen LogP contribution in [0.1, 0.15) is 35.8 Å². The number of esters is 1. The summed E-state index contributed by atoms with van der Waals surface area (Å²) < 4.78 is 4.97. The molecule has 110 valence electrons. The van der Waals surface area contributed by atoms with Crippen LogP contribution in [0.5, 0.6) is 0 Å². The monoisotopic (exact) mass is 280 g/mol. The maximum atomic E-state index is 12.2. The molecule has 1 aromatic rings. The number of carbonyl (C=O) groups excluding carboxylic acids is 2. The minimum atomic E-state index is -0.473. The van der Waals surface area contributed by atoms with E-state index in [1.165, 1.54) is 0 Å². The number of hydrogen-bond donors (Lipinski definition) is 3. The standard InChI is InChI=1S/C13H20N4O3/c1-3-20-13(19)10-8(2)16-17-11(10)15-12(18)9-4-6-14-7-5-9/h9,14H,3-7H2,1-2H3,(H2,15,16,17,18). The van der Waals surface area contributed by atoms with Crippen LogP contribution in [0.25, 0.3) is 0 Å². The molecule has 0 radical (unpaired) electrons. The van der Waals surface area contributed by atoms with E-state index in [4.69, 9.17) is 4.74 Å². The van der Waals surface area contributed by atoms with Gasteiger partial charge in [0, 0.05) is 11.6 Å². The number of rotatable bonds is 4. The van der Waals surface area contributed by atoms with Crippen LogP contribution in [0.4, 0.5) is 5.82 Å².